The fraction of sp³-hybridized carbons (Fsp3) is 0.846. The lowest BCUT2D eigenvalue weighted by Crippen LogP contribution is -2.43. The number of urea groups is 1. The molecule has 5 heteroatoms. The first kappa shape index (κ1) is 16.7. The van der Waals surface area contributed by atoms with Crippen molar-refractivity contribution in [3.05, 3.63) is 0 Å². The van der Waals surface area contributed by atoms with E-state index >= 15 is 0 Å². The van der Waals surface area contributed by atoms with Crippen LogP contribution in [0.25, 0.3) is 0 Å². The SMILES string of the molecule is CCC(CC)C(=O)NCCNC(=O)N(CC)CC. The molecule has 0 aliphatic carbocycles. The highest BCUT2D eigenvalue weighted by molar-refractivity contribution is 5.78. The van der Waals surface area contributed by atoms with Gasteiger partial charge in [0.25, 0.3) is 0 Å². The number of nitrogens with one attached hydrogen (secondary N) is 2. The van der Waals surface area contributed by atoms with E-state index < -0.39 is 0 Å². The predicted octanol–water partition coefficient (Wildman–Crippen LogP) is 1.59. The maximum Gasteiger partial charge on any atom is 0.317 e. The van der Waals surface area contributed by atoms with Crippen LogP contribution in [-0.2, 0) is 4.79 Å². The second kappa shape index (κ2) is 9.74. The van der Waals surface area contributed by atoms with Gasteiger partial charge in [0, 0.05) is 32.1 Å². The van der Waals surface area contributed by atoms with E-state index in [9.17, 15) is 9.59 Å². The van der Waals surface area contributed by atoms with Crippen LogP contribution in [0.2, 0.25) is 0 Å². The molecule has 0 aliphatic heterocycles. The van der Waals surface area contributed by atoms with E-state index in [2.05, 4.69) is 10.6 Å². The lowest BCUT2D eigenvalue weighted by molar-refractivity contribution is -0.125. The van der Waals surface area contributed by atoms with Gasteiger partial charge in [0.1, 0.15) is 0 Å². The highest BCUT2D eigenvalue weighted by atomic mass is 16.2. The Morgan fingerprint density at radius 3 is 1.89 bits per heavy atom. The number of hydrogen-bond acceptors (Lipinski definition) is 2. The summed E-state index contributed by atoms with van der Waals surface area (Å²) in [5.41, 5.74) is 0. The Labute approximate surface area is 110 Å². The molecule has 2 N–H and O–H groups in total. The average Bonchev–Trinajstić information content (AvgIpc) is 2.37. The van der Waals surface area contributed by atoms with Gasteiger partial charge in [-0.1, -0.05) is 13.8 Å². The highest BCUT2D eigenvalue weighted by Gasteiger charge is 2.13. The maximum absolute atomic E-state index is 11.7. The van der Waals surface area contributed by atoms with Crippen molar-refractivity contribution < 1.29 is 9.59 Å². The summed E-state index contributed by atoms with van der Waals surface area (Å²) in [6.07, 6.45) is 1.71. The molecule has 0 aromatic heterocycles. The first-order valence-corrected chi connectivity index (χ1v) is 6.91. The van der Waals surface area contributed by atoms with Crippen molar-refractivity contribution >= 4 is 11.9 Å². The Morgan fingerprint density at radius 2 is 1.44 bits per heavy atom. The molecule has 0 atom stereocenters. The van der Waals surface area contributed by atoms with Crippen molar-refractivity contribution in [3.63, 3.8) is 0 Å². The molecule has 0 bridgehead atoms. The minimum Gasteiger partial charge on any atom is -0.354 e. The van der Waals surface area contributed by atoms with E-state index in [0.29, 0.717) is 26.2 Å². The number of carbonyl (C=O) groups excluding carboxylic acids is 2. The van der Waals surface area contributed by atoms with E-state index in [-0.39, 0.29) is 17.9 Å². The van der Waals surface area contributed by atoms with Gasteiger partial charge in [0.05, 0.1) is 0 Å². The van der Waals surface area contributed by atoms with Crippen molar-refractivity contribution in [2.75, 3.05) is 26.2 Å². The third kappa shape index (κ3) is 5.89. The number of hydrogen-bond donors (Lipinski definition) is 2. The molecule has 0 radical (unpaired) electrons. The Bertz CT molecular complexity index is 223. The third-order valence-corrected chi connectivity index (χ3v) is 3.11. The van der Waals surface area contributed by atoms with Crippen LogP contribution < -0.4 is 10.6 Å². The maximum atomic E-state index is 11.7. The van der Waals surface area contributed by atoms with Crippen LogP contribution in [0.5, 0.6) is 0 Å². The van der Waals surface area contributed by atoms with Gasteiger partial charge in [-0.15, -0.1) is 0 Å². The van der Waals surface area contributed by atoms with Crippen LogP contribution >= 0.6 is 0 Å². The standard InChI is InChI=1S/C13H27N3O2/c1-5-11(6-2)12(17)14-9-10-15-13(18)16(7-3)8-4/h11H,5-10H2,1-4H3,(H,14,17)(H,15,18). The van der Waals surface area contributed by atoms with Gasteiger partial charge in [-0.3, -0.25) is 4.79 Å². The number of rotatable bonds is 8. The topological polar surface area (TPSA) is 61.4 Å². The van der Waals surface area contributed by atoms with Gasteiger partial charge in [0.15, 0.2) is 0 Å². The van der Waals surface area contributed by atoms with E-state index in [1.165, 1.54) is 0 Å². The molecule has 0 unspecified atom stereocenters. The summed E-state index contributed by atoms with van der Waals surface area (Å²) in [4.78, 5) is 25.0. The fourth-order valence-corrected chi connectivity index (χ4v) is 1.78. The van der Waals surface area contributed by atoms with Crippen LogP contribution in [0.3, 0.4) is 0 Å². The van der Waals surface area contributed by atoms with Crippen molar-refractivity contribution in [2.24, 2.45) is 5.92 Å². The summed E-state index contributed by atoms with van der Waals surface area (Å²) >= 11 is 0. The quantitative estimate of drug-likeness (QED) is 0.649. The van der Waals surface area contributed by atoms with Crippen LogP contribution in [0, 0.1) is 5.92 Å². The monoisotopic (exact) mass is 257 g/mol. The first-order chi connectivity index (χ1) is 8.60. The Morgan fingerprint density at radius 1 is 0.944 bits per heavy atom. The first-order valence-electron chi connectivity index (χ1n) is 6.91. The summed E-state index contributed by atoms with van der Waals surface area (Å²) in [5, 5.41) is 5.63. The predicted molar refractivity (Wildman–Crippen MR) is 73.4 cm³/mol. The van der Waals surface area contributed by atoms with Crippen molar-refractivity contribution in [1.29, 1.82) is 0 Å². The minimum atomic E-state index is -0.0724. The molecule has 0 aromatic carbocycles. The number of nitrogens with zero attached hydrogens (tertiary/aromatic N) is 1. The van der Waals surface area contributed by atoms with Crippen LogP contribution in [-0.4, -0.2) is 43.0 Å². The molecule has 0 saturated heterocycles. The molecule has 0 fully saturated rings. The summed E-state index contributed by atoms with van der Waals surface area (Å²) < 4.78 is 0. The zero-order valence-corrected chi connectivity index (χ0v) is 12.1. The molecule has 106 valence electrons. The van der Waals surface area contributed by atoms with Crippen LogP contribution in [0.1, 0.15) is 40.5 Å². The summed E-state index contributed by atoms with van der Waals surface area (Å²) in [6, 6.07) is -0.0724. The van der Waals surface area contributed by atoms with Gasteiger partial charge in [-0.05, 0) is 26.7 Å². The number of carbonyl (C=O) groups is 2. The fourth-order valence-electron chi connectivity index (χ4n) is 1.78. The molecule has 18 heavy (non-hydrogen) atoms. The molecule has 0 aliphatic rings. The molecule has 0 spiro atoms. The van der Waals surface area contributed by atoms with Crippen LogP contribution in [0.15, 0.2) is 0 Å². The molecule has 0 saturated carbocycles. The van der Waals surface area contributed by atoms with E-state index in [4.69, 9.17) is 0 Å². The third-order valence-electron chi connectivity index (χ3n) is 3.11. The van der Waals surface area contributed by atoms with Gasteiger partial charge < -0.3 is 15.5 Å². The summed E-state index contributed by atoms with van der Waals surface area (Å²) in [5.74, 6) is 0.167. The lowest BCUT2D eigenvalue weighted by atomic mass is 10.0. The van der Waals surface area contributed by atoms with Gasteiger partial charge in [-0.25, -0.2) is 4.79 Å². The zero-order valence-electron chi connectivity index (χ0n) is 12.1. The zero-order chi connectivity index (χ0) is 14.0. The Balaban J connectivity index is 3.79. The lowest BCUT2D eigenvalue weighted by Gasteiger charge is -2.19. The van der Waals surface area contributed by atoms with E-state index in [1.54, 1.807) is 4.90 Å². The molecule has 0 aromatic rings. The molecule has 0 rings (SSSR count). The summed E-state index contributed by atoms with van der Waals surface area (Å²) in [7, 11) is 0. The number of amides is 3. The Kier molecular flexibility index (Phi) is 9.06. The normalized spacial score (nSPS) is 10.3. The van der Waals surface area contributed by atoms with Crippen molar-refractivity contribution in [2.45, 2.75) is 40.5 Å². The van der Waals surface area contributed by atoms with Gasteiger partial charge in [-0.2, -0.15) is 0 Å². The summed E-state index contributed by atoms with van der Waals surface area (Å²) in [6.45, 7) is 10.3. The van der Waals surface area contributed by atoms with Crippen LogP contribution in [0.4, 0.5) is 4.79 Å². The van der Waals surface area contributed by atoms with Gasteiger partial charge >= 0.3 is 6.03 Å². The smallest absolute Gasteiger partial charge is 0.317 e. The highest BCUT2D eigenvalue weighted by Crippen LogP contribution is 2.06. The molecular weight excluding hydrogens is 230 g/mol. The van der Waals surface area contributed by atoms with E-state index in [1.807, 2.05) is 27.7 Å². The Hall–Kier alpha value is -1.26. The molecule has 5 nitrogen and oxygen atoms in total. The van der Waals surface area contributed by atoms with Crippen molar-refractivity contribution in [1.82, 2.24) is 15.5 Å². The molecule has 3 amide bonds. The second-order valence-corrected chi connectivity index (χ2v) is 4.21. The minimum absolute atomic E-state index is 0.0724. The van der Waals surface area contributed by atoms with Crippen molar-refractivity contribution in [3.8, 4) is 0 Å². The second-order valence-electron chi connectivity index (χ2n) is 4.21. The van der Waals surface area contributed by atoms with E-state index in [0.717, 1.165) is 12.8 Å². The largest absolute Gasteiger partial charge is 0.354 e. The molecular formula is C13H27N3O2. The average molecular weight is 257 g/mol. The molecule has 0 heterocycles. The van der Waals surface area contributed by atoms with Gasteiger partial charge in [0.2, 0.25) is 5.91 Å².